The number of nitrogens with two attached hydrogens (primary N) is 3. The van der Waals surface area contributed by atoms with Gasteiger partial charge in [-0.15, -0.1) is 0 Å². The van der Waals surface area contributed by atoms with Crippen LogP contribution in [0.2, 0.25) is 0 Å². The van der Waals surface area contributed by atoms with Crippen molar-refractivity contribution in [2.45, 2.75) is 168 Å². The van der Waals surface area contributed by atoms with Crippen LogP contribution in [-0.2, 0) is 57.5 Å². The summed E-state index contributed by atoms with van der Waals surface area (Å²) in [4.78, 5) is 153. The number of carboxylic acid groups (broad SMARTS) is 2. The molecule has 10 atom stereocenters. The predicted molar refractivity (Wildman–Crippen MR) is 258 cm³/mol. The van der Waals surface area contributed by atoms with Crippen molar-refractivity contribution in [3.8, 4) is 0 Å². The zero-order valence-electron chi connectivity index (χ0n) is 42.4. The Morgan fingerprint density at radius 3 is 1.51 bits per heavy atom. The molecule has 71 heavy (non-hydrogen) atoms. The number of hydrogen-bond donors (Lipinski definition) is 14. The third-order valence-electron chi connectivity index (χ3n) is 11.4. The summed E-state index contributed by atoms with van der Waals surface area (Å²) in [5.41, 5.74) is 16.5. The molecule has 0 fully saturated rings. The normalized spacial score (nSPS) is 15.3. The van der Waals surface area contributed by atoms with Crippen LogP contribution in [0.5, 0.6) is 0 Å². The molecule has 0 aromatic heterocycles. The maximum Gasteiger partial charge on any atom is 0.326 e. The number of rotatable bonds is 35. The molecule has 404 valence electrons. The standard InChI is InChI=1S/C45H80N12O14/c1-10-24(7)36(42(67)50-20-32(59)52-28(14-12-13-17-46)41(66)54-30(45(70)71)18-22(3)4)55-33(60)21-49-40(65)29(15-16-31(48)58)53-38(63)26(9)51-44(69)37(25(8)11-2)57-43(68)35(23(5)6)56-39(64)27(47)19-34(61)62/h22-30,35-37H,10-21,46-47H2,1-9H3,(H2,48,58)(H,49,65)(H,50,67)(H,51,69)(H,52,59)(H,53,63)(H,54,66)(H,55,60)(H,56,64)(H,57,68)(H,61,62)(H,70,71)/t24-,25-,26-,27-,28-,29-,30-,35-,36-,37-/m0/s1. The molecule has 0 spiro atoms. The molecule has 0 aliphatic heterocycles. The average molecular weight is 1010 g/mol. The molecule has 0 unspecified atom stereocenters. The zero-order chi connectivity index (χ0) is 54.7. The van der Waals surface area contributed by atoms with E-state index in [2.05, 4.69) is 47.9 Å². The Kier molecular flexibility index (Phi) is 30.2. The minimum atomic E-state index is -1.46. The summed E-state index contributed by atoms with van der Waals surface area (Å²) in [7, 11) is 0. The van der Waals surface area contributed by atoms with Gasteiger partial charge in [-0.1, -0.05) is 68.2 Å². The van der Waals surface area contributed by atoms with E-state index in [1.54, 1.807) is 55.4 Å². The molecule has 0 aromatic rings. The third kappa shape index (κ3) is 25.3. The minimum absolute atomic E-state index is 0.0558. The van der Waals surface area contributed by atoms with Crippen molar-refractivity contribution in [3.63, 3.8) is 0 Å². The van der Waals surface area contributed by atoms with E-state index < -0.39 is 157 Å². The molecule has 17 N–H and O–H groups in total. The fourth-order valence-electron chi connectivity index (χ4n) is 6.71. The number of carbonyl (C=O) groups is 12. The number of unbranched alkanes of at least 4 members (excludes halogenated alkanes) is 1. The Morgan fingerprint density at radius 2 is 1.01 bits per heavy atom. The third-order valence-corrected chi connectivity index (χ3v) is 11.4. The summed E-state index contributed by atoms with van der Waals surface area (Å²) in [6.07, 6.45) is 0.594. The number of carbonyl (C=O) groups excluding carboxylic acids is 10. The predicted octanol–water partition coefficient (Wildman–Crippen LogP) is -3.29. The number of amides is 10. The Hall–Kier alpha value is -6.44. The highest BCUT2D eigenvalue weighted by molar-refractivity contribution is 5.98. The van der Waals surface area contributed by atoms with Crippen molar-refractivity contribution in [1.82, 2.24) is 47.9 Å². The van der Waals surface area contributed by atoms with Gasteiger partial charge in [0, 0.05) is 6.42 Å². The molecular weight excluding hydrogens is 933 g/mol. The maximum atomic E-state index is 13.6. The van der Waals surface area contributed by atoms with Gasteiger partial charge < -0.3 is 75.3 Å². The van der Waals surface area contributed by atoms with Gasteiger partial charge in [0.25, 0.3) is 0 Å². The highest BCUT2D eigenvalue weighted by Crippen LogP contribution is 2.13. The Balaban J connectivity index is 5.87. The van der Waals surface area contributed by atoms with Gasteiger partial charge in [0.2, 0.25) is 59.1 Å². The molecule has 0 aliphatic rings. The van der Waals surface area contributed by atoms with Crippen molar-refractivity contribution in [3.05, 3.63) is 0 Å². The molecule has 0 aromatic carbocycles. The molecule has 0 rings (SSSR count). The lowest BCUT2D eigenvalue weighted by molar-refractivity contribution is -0.142. The van der Waals surface area contributed by atoms with E-state index in [0.717, 1.165) is 0 Å². The highest BCUT2D eigenvalue weighted by atomic mass is 16.4. The second-order valence-corrected chi connectivity index (χ2v) is 18.4. The first-order valence-corrected chi connectivity index (χ1v) is 23.9. The largest absolute Gasteiger partial charge is 0.481 e. The molecule has 0 heterocycles. The van der Waals surface area contributed by atoms with Crippen molar-refractivity contribution in [2.75, 3.05) is 19.6 Å². The van der Waals surface area contributed by atoms with Gasteiger partial charge in [0.15, 0.2) is 0 Å². The summed E-state index contributed by atoms with van der Waals surface area (Å²) in [6.45, 7) is 13.8. The van der Waals surface area contributed by atoms with Crippen LogP contribution < -0.4 is 65.1 Å². The number of carboxylic acids is 2. The van der Waals surface area contributed by atoms with Gasteiger partial charge in [0.05, 0.1) is 25.6 Å². The SMILES string of the molecule is CC[C@H](C)[C@H](NC(=O)CNC(=O)[C@H](CCC(N)=O)NC(=O)[C@H](C)NC(=O)[C@@H](NC(=O)[C@@H](NC(=O)[C@@H](N)CC(=O)O)C(C)C)[C@@H](C)CC)C(=O)NCC(=O)N[C@@H](CCCCN)C(=O)N[C@@H](CC(C)C)C(=O)O. The molecule has 0 aliphatic carbocycles. The molecular formula is C45H80N12O14. The van der Waals surface area contributed by atoms with Crippen molar-refractivity contribution >= 4 is 71.0 Å². The summed E-state index contributed by atoms with van der Waals surface area (Å²) in [5.74, 6) is -12.4. The Morgan fingerprint density at radius 1 is 0.521 bits per heavy atom. The molecule has 26 nitrogen and oxygen atoms in total. The smallest absolute Gasteiger partial charge is 0.326 e. The monoisotopic (exact) mass is 1010 g/mol. The van der Waals surface area contributed by atoms with Gasteiger partial charge in [-0.3, -0.25) is 52.7 Å². The molecule has 0 saturated heterocycles. The number of nitrogens with one attached hydrogen (secondary N) is 9. The second kappa shape index (κ2) is 33.2. The van der Waals surface area contributed by atoms with E-state index in [1.165, 1.54) is 6.92 Å². The molecule has 10 amide bonds. The molecule has 0 saturated carbocycles. The quantitative estimate of drug-likeness (QED) is 0.0277. The van der Waals surface area contributed by atoms with Crippen LogP contribution in [0.25, 0.3) is 0 Å². The first-order chi connectivity index (χ1) is 33.1. The number of aliphatic carboxylic acids is 2. The molecule has 0 radical (unpaired) electrons. The van der Waals surface area contributed by atoms with E-state index in [1.807, 2.05) is 0 Å². The second-order valence-electron chi connectivity index (χ2n) is 18.4. The summed E-state index contributed by atoms with van der Waals surface area (Å²) < 4.78 is 0. The summed E-state index contributed by atoms with van der Waals surface area (Å²) >= 11 is 0. The molecule has 26 heteroatoms. The van der Waals surface area contributed by atoms with Gasteiger partial charge in [0.1, 0.15) is 42.3 Å². The van der Waals surface area contributed by atoms with Gasteiger partial charge >= 0.3 is 11.9 Å². The van der Waals surface area contributed by atoms with Crippen molar-refractivity contribution < 1.29 is 67.7 Å². The van der Waals surface area contributed by atoms with Crippen LogP contribution in [0.4, 0.5) is 0 Å². The minimum Gasteiger partial charge on any atom is -0.481 e. The summed E-state index contributed by atoms with van der Waals surface area (Å²) in [5, 5.41) is 40.8. The van der Waals surface area contributed by atoms with E-state index in [0.29, 0.717) is 32.2 Å². The van der Waals surface area contributed by atoms with Gasteiger partial charge in [-0.25, -0.2) is 4.79 Å². The Labute approximate surface area is 414 Å². The van der Waals surface area contributed by atoms with Crippen LogP contribution >= 0.6 is 0 Å². The van der Waals surface area contributed by atoms with Gasteiger partial charge in [-0.2, -0.15) is 0 Å². The van der Waals surface area contributed by atoms with Crippen LogP contribution in [0.3, 0.4) is 0 Å². The maximum absolute atomic E-state index is 13.6. The van der Waals surface area contributed by atoms with Crippen LogP contribution in [0.1, 0.15) is 120 Å². The van der Waals surface area contributed by atoms with Crippen molar-refractivity contribution in [2.24, 2.45) is 40.9 Å². The molecule has 0 bridgehead atoms. The van der Waals surface area contributed by atoms with Crippen LogP contribution in [0, 0.1) is 23.7 Å². The van der Waals surface area contributed by atoms with Crippen LogP contribution in [-0.4, -0.2) is 149 Å². The topological polar surface area (TPSA) is 432 Å². The first kappa shape index (κ1) is 64.6. The number of hydrogen-bond acceptors (Lipinski definition) is 14. The lowest BCUT2D eigenvalue weighted by atomic mass is 9.96. The van der Waals surface area contributed by atoms with E-state index in [-0.39, 0.29) is 31.6 Å². The zero-order valence-corrected chi connectivity index (χ0v) is 42.4. The lowest BCUT2D eigenvalue weighted by Gasteiger charge is -2.29. The first-order valence-electron chi connectivity index (χ1n) is 23.9. The average Bonchev–Trinajstić information content (AvgIpc) is 3.29. The van der Waals surface area contributed by atoms with Crippen LogP contribution in [0.15, 0.2) is 0 Å². The van der Waals surface area contributed by atoms with Crippen molar-refractivity contribution in [1.29, 1.82) is 0 Å². The van der Waals surface area contributed by atoms with Gasteiger partial charge in [-0.05, 0) is 69.2 Å². The van der Waals surface area contributed by atoms with E-state index in [9.17, 15) is 62.6 Å². The van der Waals surface area contributed by atoms with E-state index >= 15 is 0 Å². The fourth-order valence-corrected chi connectivity index (χ4v) is 6.71. The lowest BCUT2D eigenvalue weighted by Crippen LogP contribution is -2.60. The number of primary amides is 1. The Bertz CT molecular complexity index is 1850. The summed E-state index contributed by atoms with van der Waals surface area (Å²) in [6, 6.07) is -10.3. The highest BCUT2D eigenvalue weighted by Gasteiger charge is 2.35. The van der Waals surface area contributed by atoms with E-state index in [4.69, 9.17) is 22.3 Å². The fraction of sp³-hybridized carbons (Fsp3) is 0.733.